The average molecular weight is 1170 g/mol. The molecule has 6 aliphatic rings. The molecule has 89 heavy (non-hydrogen) atoms. The molecule has 2 unspecified atom stereocenters. The number of nitrogens with zero attached hydrogens (tertiary/aromatic N) is 3. The SMILES string of the molecule is Cc1cc(C(C)(C)C)ccc1N1c2cc3c(cc2B2c4cc5c(cc4N(c4ccc(C(C)(C)C)cc4-c4ccccc4)c4cc(N6c7ccc(-c8ccc(C(C)(C)C)cc8)cc7C7(C)CCCCC67C)cc1c42)C(C)(C)CCC5(C)C)C(C)(C)CCC3(C)C. The van der Waals surface area contributed by atoms with Crippen LogP contribution in [-0.2, 0) is 43.3 Å². The lowest BCUT2D eigenvalue weighted by Crippen LogP contribution is -2.62. The second-order valence-electron chi connectivity index (χ2n) is 34.8. The van der Waals surface area contributed by atoms with Crippen molar-refractivity contribution in [1.82, 2.24) is 0 Å². The van der Waals surface area contributed by atoms with E-state index >= 15 is 0 Å². The molecule has 0 radical (unpaired) electrons. The third-order valence-corrected chi connectivity index (χ3v) is 23.9. The molecule has 2 atom stereocenters. The van der Waals surface area contributed by atoms with Gasteiger partial charge in [-0.25, -0.2) is 0 Å². The van der Waals surface area contributed by atoms with E-state index in [2.05, 4.69) is 299 Å². The molecule has 458 valence electrons. The summed E-state index contributed by atoms with van der Waals surface area (Å²) >= 11 is 0. The Labute approximate surface area is 536 Å². The van der Waals surface area contributed by atoms with Crippen molar-refractivity contribution in [2.24, 2.45) is 0 Å². The van der Waals surface area contributed by atoms with Gasteiger partial charge in [0, 0.05) is 50.8 Å². The Bertz CT molecular complexity index is 4210. The zero-order valence-electron chi connectivity index (χ0n) is 57.9. The quantitative estimate of drug-likeness (QED) is 0.159. The fraction of sp³-hybridized carbons (Fsp3) is 0.435. The number of aryl methyl sites for hydroxylation is 1. The maximum Gasteiger partial charge on any atom is 0.252 e. The highest BCUT2D eigenvalue weighted by Gasteiger charge is 2.59. The van der Waals surface area contributed by atoms with Crippen LogP contribution < -0.4 is 31.1 Å². The van der Waals surface area contributed by atoms with E-state index in [1.807, 2.05) is 0 Å². The summed E-state index contributed by atoms with van der Waals surface area (Å²) < 4.78 is 0. The molecule has 3 heterocycles. The van der Waals surface area contributed by atoms with Crippen LogP contribution in [-0.4, -0.2) is 12.3 Å². The van der Waals surface area contributed by atoms with Crippen molar-refractivity contribution >= 4 is 68.6 Å². The lowest BCUT2D eigenvalue weighted by Gasteiger charge is -2.52. The highest BCUT2D eigenvalue weighted by atomic mass is 15.3. The van der Waals surface area contributed by atoms with Crippen molar-refractivity contribution in [3.8, 4) is 22.3 Å². The van der Waals surface area contributed by atoms with Gasteiger partial charge in [0.05, 0.1) is 11.2 Å². The van der Waals surface area contributed by atoms with Gasteiger partial charge in [-0.3, -0.25) is 0 Å². The molecule has 8 aromatic carbocycles. The Kier molecular flexibility index (Phi) is 13.2. The zero-order chi connectivity index (χ0) is 63.3. The standard InChI is InChI=1S/C85H100BN3/c1-53-44-58(78(5,6)7)33-36-69(53)87-72-51-64-62(80(11,12)40-42-82(64,15)16)49-67(72)86-68-50-63-65(83(17,18)43-41-81(63,13)14)52-73(68)88(70-37-34-59(79(8,9)10)46-61(70)55-26-22-21-23-27-55)75-48-60(47-74(87)76(75)86)89-71-35-30-56(54-28-31-57(32-29-54)77(2,3)4)45-66(71)84(19)38-24-25-39-85(84,89)20/h21-23,26-37,44-52H,24-25,38-43H2,1-20H3. The summed E-state index contributed by atoms with van der Waals surface area (Å²) in [5.41, 5.74) is 32.2. The fourth-order valence-electron chi connectivity index (χ4n) is 17.6. The normalized spacial score (nSPS) is 21.7. The van der Waals surface area contributed by atoms with E-state index in [1.54, 1.807) is 0 Å². The third-order valence-electron chi connectivity index (χ3n) is 23.9. The molecule has 8 aromatic rings. The molecule has 0 saturated heterocycles. The first-order valence-corrected chi connectivity index (χ1v) is 34.2. The molecule has 3 aliphatic heterocycles. The topological polar surface area (TPSA) is 9.72 Å². The Morgan fingerprint density at radius 2 is 0.809 bits per heavy atom. The van der Waals surface area contributed by atoms with Crippen molar-refractivity contribution in [3.63, 3.8) is 0 Å². The predicted molar refractivity (Wildman–Crippen MR) is 386 cm³/mol. The fourth-order valence-corrected chi connectivity index (χ4v) is 17.6. The number of anilines is 8. The van der Waals surface area contributed by atoms with E-state index in [0.29, 0.717) is 0 Å². The van der Waals surface area contributed by atoms with Crippen molar-refractivity contribution in [2.75, 3.05) is 14.7 Å². The molecule has 0 aromatic heterocycles. The number of hydrogen-bond donors (Lipinski definition) is 0. The van der Waals surface area contributed by atoms with E-state index in [-0.39, 0.29) is 55.6 Å². The average Bonchev–Trinajstić information content (AvgIpc) is 1.65. The summed E-state index contributed by atoms with van der Waals surface area (Å²) in [6.45, 7) is 49.0. The largest absolute Gasteiger partial charge is 0.334 e. The number of rotatable bonds is 5. The molecule has 0 N–H and O–H groups in total. The van der Waals surface area contributed by atoms with Crippen LogP contribution in [0.1, 0.15) is 233 Å². The van der Waals surface area contributed by atoms with Gasteiger partial charge in [0.15, 0.2) is 0 Å². The zero-order valence-corrected chi connectivity index (χ0v) is 57.9. The molecule has 4 heteroatoms. The maximum atomic E-state index is 2.88. The summed E-state index contributed by atoms with van der Waals surface area (Å²) in [5.74, 6) is 0. The summed E-state index contributed by atoms with van der Waals surface area (Å²) in [6.07, 6.45) is 9.29. The van der Waals surface area contributed by atoms with Crippen LogP contribution in [0.25, 0.3) is 22.3 Å². The smallest absolute Gasteiger partial charge is 0.252 e. The maximum absolute atomic E-state index is 2.88. The highest BCUT2D eigenvalue weighted by Crippen LogP contribution is 2.63. The third kappa shape index (κ3) is 9.14. The molecule has 0 spiro atoms. The van der Waals surface area contributed by atoms with Gasteiger partial charge in [0.2, 0.25) is 0 Å². The predicted octanol–water partition coefficient (Wildman–Crippen LogP) is 21.7. The second kappa shape index (κ2) is 19.6. The molecular weight excluding hydrogens is 1070 g/mol. The van der Waals surface area contributed by atoms with E-state index in [4.69, 9.17) is 0 Å². The van der Waals surface area contributed by atoms with Crippen LogP contribution in [0.15, 0.2) is 146 Å². The van der Waals surface area contributed by atoms with E-state index in [0.717, 1.165) is 38.5 Å². The Morgan fingerprint density at radius 1 is 0.360 bits per heavy atom. The van der Waals surface area contributed by atoms with E-state index < -0.39 is 0 Å². The monoisotopic (exact) mass is 1170 g/mol. The lowest BCUT2D eigenvalue weighted by molar-refractivity contribution is 0.195. The van der Waals surface area contributed by atoms with Crippen molar-refractivity contribution in [1.29, 1.82) is 0 Å². The minimum absolute atomic E-state index is 0.000239. The van der Waals surface area contributed by atoms with Crippen LogP contribution in [0.2, 0.25) is 0 Å². The highest BCUT2D eigenvalue weighted by molar-refractivity contribution is 7.00. The van der Waals surface area contributed by atoms with Gasteiger partial charge in [0.25, 0.3) is 6.71 Å². The van der Waals surface area contributed by atoms with Gasteiger partial charge in [-0.1, -0.05) is 228 Å². The van der Waals surface area contributed by atoms with Gasteiger partial charge >= 0.3 is 0 Å². The van der Waals surface area contributed by atoms with Crippen LogP contribution >= 0.6 is 0 Å². The van der Waals surface area contributed by atoms with Gasteiger partial charge in [0.1, 0.15) is 0 Å². The van der Waals surface area contributed by atoms with Gasteiger partial charge in [-0.15, -0.1) is 0 Å². The van der Waals surface area contributed by atoms with E-state index in [1.165, 1.54) is 147 Å². The first kappa shape index (κ1) is 59.8. The van der Waals surface area contributed by atoms with Gasteiger partial charge in [-0.05, 0) is 228 Å². The molecule has 14 rings (SSSR count). The first-order valence-electron chi connectivity index (χ1n) is 34.2. The van der Waals surface area contributed by atoms with Crippen molar-refractivity contribution in [3.05, 3.63) is 196 Å². The lowest BCUT2D eigenvalue weighted by atomic mass is 9.32. The Balaban J connectivity index is 1.14. The van der Waals surface area contributed by atoms with Gasteiger partial charge < -0.3 is 14.7 Å². The summed E-state index contributed by atoms with van der Waals surface area (Å²) in [7, 11) is 0. The van der Waals surface area contributed by atoms with Gasteiger partial charge in [-0.2, -0.15) is 0 Å². The number of benzene rings is 8. The van der Waals surface area contributed by atoms with Crippen LogP contribution in [0.5, 0.6) is 0 Å². The number of fused-ring (bicyclic) bond motifs is 9. The van der Waals surface area contributed by atoms with Crippen LogP contribution in [0, 0.1) is 6.92 Å². The Hall–Kier alpha value is -6.78. The molecule has 3 aliphatic carbocycles. The second-order valence-corrected chi connectivity index (χ2v) is 34.8. The van der Waals surface area contributed by atoms with Crippen LogP contribution in [0.3, 0.4) is 0 Å². The summed E-state index contributed by atoms with van der Waals surface area (Å²) in [5, 5.41) is 0. The summed E-state index contributed by atoms with van der Waals surface area (Å²) in [6, 6.07) is 59.6. The Morgan fingerprint density at radius 3 is 1.33 bits per heavy atom. The van der Waals surface area contributed by atoms with Crippen LogP contribution in [0.4, 0.5) is 45.5 Å². The molecule has 0 bridgehead atoms. The van der Waals surface area contributed by atoms with E-state index in [9.17, 15) is 0 Å². The molecular formula is C85H100BN3. The van der Waals surface area contributed by atoms with Crippen molar-refractivity contribution < 1.29 is 0 Å². The first-order chi connectivity index (χ1) is 41.6. The molecule has 0 amide bonds. The molecule has 3 nitrogen and oxygen atoms in total. The minimum atomic E-state index is -0.214. The minimum Gasteiger partial charge on any atom is -0.334 e. The molecule has 1 fully saturated rings. The summed E-state index contributed by atoms with van der Waals surface area (Å²) in [4.78, 5) is 8.47. The number of hydrogen-bond acceptors (Lipinski definition) is 3. The molecule has 1 saturated carbocycles. The van der Waals surface area contributed by atoms with Crippen molar-refractivity contribution in [2.45, 2.75) is 239 Å².